The maximum absolute atomic E-state index is 12.6. The molecule has 4 atom stereocenters. The Hall–Kier alpha value is -3.22. The molecule has 8 N–H and O–H groups in total. The van der Waals surface area contributed by atoms with Crippen LogP contribution in [-0.2, 0) is 28.8 Å². The van der Waals surface area contributed by atoms with E-state index in [0.29, 0.717) is 0 Å². The average Bonchev–Trinajstić information content (AvgIpc) is 2.61. The molecule has 13 heteroatoms. The third-order valence-electron chi connectivity index (χ3n) is 3.99. The Labute approximate surface area is 172 Å². The van der Waals surface area contributed by atoms with Crippen molar-refractivity contribution in [3.05, 3.63) is 0 Å². The lowest BCUT2D eigenvalue weighted by molar-refractivity contribution is -0.142. The van der Waals surface area contributed by atoms with Crippen LogP contribution in [0.5, 0.6) is 0 Å². The normalized spacial score (nSPS) is 14.7. The van der Waals surface area contributed by atoms with E-state index in [1.807, 2.05) is 0 Å². The molecule has 0 aromatic carbocycles. The standard InChI is InChI=1S/C17H28N4O9/c1-7(2)13(16(28)19-8(3)17(29)30)21-15(27)10(4-5-11(22)23)20-14(26)9(18)6-12(24)25/h7-10,13H,4-6,18H2,1-3H3,(H,19,28)(H,20,26)(H,21,27)(H,22,23)(H,24,25)(H,29,30). The first-order chi connectivity index (χ1) is 13.8. The summed E-state index contributed by atoms with van der Waals surface area (Å²) < 4.78 is 0. The molecule has 0 radical (unpaired) electrons. The third-order valence-corrected chi connectivity index (χ3v) is 3.99. The highest BCUT2D eigenvalue weighted by Crippen LogP contribution is 2.06. The van der Waals surface area contributed by atoms with Gasteiger partial charge in [-0.25, -0.2) is 0 Å². The van der Waals surface area contributed by atoms with Crippen LogP contribution < -0.4 is 21.7 Å². The van der Waals surface area contributed by atoms with Crippen LogP contribution in [0.2, 0.25) is 0 Å². The fourth-order valence-electron chi connectivity index (χ4n) is 2.25. The smallest absolute Gasteiger partial charge is 0.325 e. The highest BCUT2D eigenvalue weighted by molar-refractivity contribution is 5.95. The van der Waals surface area contributed by atoms with E-state index in [2.05, 4.69) is 16.0 Å². The molecule has 0 aliphatic carbocycles. The van der Waals surface area contributed by atoms with Crippen molar-refractivity contribution in [1.29, 1.82) is 0 Å². The van der Waals surface area contributed by atoms with E-state index in [1.54, 1.807) is 13.8 Å². The fraction of sp³-hybridized carbons (Fsp3) is 0.647. The van der Waals surface area contributed by atoms with Crippen LogP contribution in [0.15, 0.2) is 0 Å². The Bertz CT molecular complexity index is 680. The van der Waals surface area contributed by atoms with Gasteiger partial charge in [0.25, 0.3) is 0 Å². The first kappa shape index (κ1) is 26.8. The zero-order valence-electron chi connectivity index (χ0n) is 16.9. The summed E-state index contributed by atoms with van der Waals surface area (Å²) in [6, 6.07) is -5.26. The summed E-state index contributed by atoms with van der Waals surface area (Å²) in [6.45, 7) is 4.41. The Morgan fingerprint density at radius 1 is 0.800 bits per heavy atom. The topological polar surface area (TPSA) is 225 Å². The molecule has 0 fully saturated rings. The zero-order valence-corrected chi connectivity index (χ0v) is 16.9. The van der Waals surface area contributed by atoms with Gasteiger partial charge in [0.15, 0.2) is 0 Å². The number of hydrogen-bond acceptors (Lipinski definition) is 7. The minimum atomic E-state index is -1.47. The Balaban J connectivity index is 5.36. The van der Waals surface area contributed by atoms with Gasteiger partial charge in [-0.05, 0) is 19.3 Å². The van der Waals surface area contributed by atoms with Gasteiger partial charge >= 0.3 is 17.9 Å². The van der Waals surface area contributed by atoms with Crippen LogP contribution >= 0.6 is 0 Å². The number of nitrogens with one attached hydrogen (secondary N) is 3. The van der Waals surface area contributed by atoms with Gasteiger partial charge in [-0.1, -0.05) is 13.8 Å². The molecular weight excluding hydrogens is 404 g/mol. The third kappa shape index (κ3) is 9.82. The lowest BCUT2D eigenvalue weighted by Gasteiger charge is -2.26. The summed E-state index contributed by atoms with van der Waals surface area (Å²) in [5, 5.41) is 33.2. The van der Waals surface area contributed by atoms with Crippen molar-refractivity contribution in [1.82, 2.24) is 16.0 Å². The molecule has 0 bridgehead atoms. The van der Waals surface area contributed by atoms with E-state index in [1.165, 1.54) is 6.92 Å². The summed E-state index contributed by atoms with van der Waals surface area (Å²) in [5.41, 5.74) is 5.44. The predicted molar refractivity (Wildman–Crippen MR) is 101 cm³/mol. The van der Waals surface area contributed by atoms with Crippen molar-refractivity contribution in [3.63, 3.8) is 0 Å². The average molecular weight is 432 g/mol. The summed E-state index contributed by atoms with van der Waals surface area (Å²) in [7, 11) is 0. The van der Waals surface area contributed by atoms with E-state index in [9.17, 15) is 28.8 Å². The lowest BCUT2D eigenvalue weighted by Crippen LogP contribution is -2.58. The molecule has 170 valence electrons. The summed E-state index contributed by atoms with van der Waals surface area (Å²) in [4.78, 5) is 69.4. The quantitative estimate of drug-likeness (QED) is 0.167. The van der Waals surface area contributed by atoms with Gasteiger partial charge in [0.05, 0.1) is 12.5 Å². The highest BCUT2D eigenvalue weighted by atomic mass is 16.4. The number of carbonyl (C=O) groups is 6. The maximum atomic E-state index is 12.6. The zero-order chi connectivity index (χ0) is 23.6. The van der Waals surface area contributed by atoms with Crippen LogP contribution in [0.1, 0.15) is 40.0 Å². The first-order valence-corrected chi connectivity index (χ1v) is 9.09. The number of carboxylic acids is 3. The van der Waals surface area contributed by atoms with Gasteiger partial charge in [-0.15, -0.1) is 0 Å². The monoisotopic (exact) mass is 432 g/mol. The molecule has 0 aromatic rings. The molecule has 0 aliphatic rings. The van der Waals surface area contributed by atoms with Crippen LogP contribution in [0, 0.1) is 5.92 Å². The second-order valence-corrected chi connectivity index (χ2v) is 7.00. The number of aliphatic carboxylic acids is 3. The number of carbonyl (C=O) groups excluding carboxylic acids is 3. The van der Waals surface area contributed by atoms with E-state index < -0.39 is 78.6 Å². The van der Waals surface area contributed by atoms with Gasteiger partial charge in [0.2, 0.25) is 17.7 Å². The molecule has 4 unspecified atom stereocenters. The van der Waals surface area contributed by atoms with Crippen molar-refractivity contribution < 1.29 is 44.1 Å². The summed E-state index contributed by atoms with van der Waals surface area (Å²) >= 11 is 0. The van der Waals surface area contributed by atoms with Gasteiger partial charge in [0, 0.05) is 6.42 Å². The number of nitrogens with two attached hydrogens (primary N) is 1. The minimum absolute atomic E-state index is 0.343. The van der Waals surface area contributed by atoms with Crippen molar-refractivity contribution in [2.45, 2.75) is 64.2 Å². The van der Waals surface area contributed by atoms with Crippen molar-refractivity contribution in [3.8, 4) is 0 Å². The second-order valence-electron chi connectivity index (χ2n) is 7.00. The van der Waals surface area contributed by atoms with Crippen molar-refractivity contribution in [2.75, 3.05) is 0 Å². The molecule has 0 saturated heterocycles. The Morgan fingerprint density at radius 3 is 1.80 bits per heavy atom. The van der Waals surface area contributed by atoms with Gasteiger partial charge in [-0.3, -0.25) is 28.8 Å². The van der Waals surface area contributed by atoms with Gasteiger partial charge in [-0.2, -0.15) is 0 Å². The Kier molecular flexibility index (Phi) is 11.0. The molecular formula is C17H28N4O9. The second kappa shape index (κ2) is 12.4. The SMILES string of the molecule is CC(NC(=O)C(NC(=O)C(CCC(=O)O)NC(=O)C(N)CC(=O)O)C(C)C)C(=O)O. The molecule has 0 rings (SSSR count). The van der Waals surface area contributed by atoms with E-state index >= 15 is 0 Å². The number of carboxylic acid groups (broad SMARTS) is 3. The summed E-state index contributed by atoms with van der Waals surface area (Å²) in [6.07, 6.45) is -1.55. The largest absolute Gasteiger partial charge is 0.481 e. The molecule has 0 saturated carbocycles. The molecule has 13 nitrogen and oxygen atoms in total. The van der Waals surface area contributed by atoms with Crippen LogP contribution in [0.3, 0.4) is 0 Å². The fourth-order valence-corrected chi connectivity index (χ4v) is 2.25. The first-order valence-electron chi connectivity index (χ1n) is 9.09. The molecule has 3 amide bonds. The lowest BCUT2D eigenvalue weighted by atomic mass is 10.0. The van der Waals surface area contributed by atoms with Crippen molar-refractivity contribution >= 4 is 35.6 Å². The molecule has 0 aliphatic heterocycles. The number of amides is 3. The van der Waals surface area contributed by atoms with Gasteiger partial charge in [0.1, 0.15) is 18.1 Å². The molecule has 0 heterocycles. The van der Waals surface area contributed by atoms with Gasteiger partial charge < -0.3 is 37.0 Å². The van der Waals surface area contributed by atoms with Crippen molar-refractivity contribution in [2.24, 2.45) is 11.7 Å². The number of hydrogen-bond donors (Lipinski definition) is 7. The van der Waals surface area contributed by atoms with Crippen LogP contribution in [-0.4, -0.2) is 75.1 Å². The number of rotatable bonds is 13. The van der Waals surface area contributed by atoms with Crippen LogP contribution in [0.4, 0.5) is 0 Å². The maximum Gasteiger partial charge on any atom is 0.325 e. The minimum Gasteiger partial charge on any atom is -0.481 e. The molecule has 0 aromatic heterocycles. The Morgan fingerprint density at radius 2 is 1.37 bits per heavy atom. The molecule has 0 spiro atoms. The van der Waals surface area contributed by atoms with E-state index in [4.69, 9.17) is 21.1 Å². The highest BCUT2D eigenvalue weighted by Gasteiger charge is 2.31. The molecule has 30 heavy (non-hydrogen) atoms. The van der Waals surface area contributed by atoms with E-state index in [0.717, 1.165) is 0 Å². The summed E-state index contributed by atoms with van der Waals surface area (Å²) in [5.74, 6) is -6.99. The van der Waals surface area contributed by atoms with Crippen LogP contribution in [0.25, 0.3) is 0 Å². The van der Waals surface area contributed by atoms with E-state index in [-0.39, 0.29) is 6.42 Å². The predicted octanol–water partition coefficient (Wildman–Crippen LogP) is -2.13.